The number of fused-ring (bicyclic) bond motifs is 5. The van der Waals surface area contributed by atoms with E-state index in [0.29, 0.717) is 23.2 Å². The zero-order valence-electron chi connectivity index (χ0n) is 14.2. The SMILES string of the molecule is COC1Cc2[nH]c3ccccc3c2-c2c1c(O)n(-c1ccccc1)c2O. The Morgan fingerprint density at radius 3 is 2.46 bits per heavy atom. The van der Waals surface area contributed by atoms with Crippen molar-refractivity contribution in [3.8, 4) is 28.6 Å². The third kappa shape index (κ3) is 1.89. The van der Waals surface area contributed by atoms with Crippen molar-refractivity contribution in [1.82, 2.24) is 9.55 Å². The van der Waals surface area contributed by atoms with Crippen LogP contribution in [0.5, 0.6) is 11.8 Å². The number of nitrogens with zero attached hydrogens (tertiary/aromatic N) is 1. The second-order valence-electron chi connectivity index (χ2n) is 6.56. The van der Waals surface area contributed by atoms with Crippen LogP contribution in [0.15, 0.2) is 54.6 Å². The Hall–Kier alpha value is -3.18. The van der Waals surface area contributed by atoms with Gasteiger partial charge in [-0.1, -0.05) is 36.4 Å². The molecule has 1 atom stereocenters. The van der Waals surface area contributed by atoms with Crippen LogP contribution in [0.4, 0.5) is 0 Å². The van der Waals surface area contributed by atoms with Crippen LogP contribution in [-0.4, -0.2) is 26.9 Å². The van der Waals surface area contributed by atoms with E-state index in [1.165, 1.54) is 4.57 Å². The predicted octanol–water partition coefficient (Wildman–Crippen LogP) is 4.28. The van der Waals surface area contributed by atoms with Gasteiger partial charge in [0.2, 0.25) is 11.8 Å². The van der Waals surface area contributed by atoms with Crippen molar-refractivity contribution < 1.29 is 14.9 Å². The maximum atomic E-state index is 11.1. The summed E-state index contributed by atoms with van der Waals surface area (Å²) in [6, 6.07) is 17.3. The van der Waals surface area contributed by atoms with Crippen LogP contribution >= 0.6 is 0 Å². The largest absolute Gasteiger partial charge is 0.494 e. The van der Waals surface area contributed by atoms with Gasteiger partial charge in [0.1, 0.15) is 0 Å². The molecule has 2 aromatic carbocycles. The highest BCUT2D eigenvalue weighted by Crippen LogP contribution is 2.53. The molecule has 0 radical (unpaired) electrons. The first-order chi connectivity index (χ1) is 12.7. The summed E-state index contributed by atoms with van der Waals surface area (Å²) < 4.78 is 7.13. The molecule has 1 aliphatic carbocycles. The van der Waals surface area contributed by atoms with Gasteiger partial charge in [-0.15, -0.1) is 0 Å². The number of rotatable bonds is 2. The number of aromatic amines is 1. The van der Waals surface area contributed by atoms with Crippen molar-refractivity contribution in [2.45, 2.75) is 12.5 Å². The van der Waals surface area contributed by atoms with Gasteiger partial charge in [0.15, 0.2) is 0 Å². The summed E-state index contributed by atoms with van der Waals surface area (Å²) in [6.07, 6.45) is 0.278. The van der Waals surface area contributed by atoms with Crippen LogP contribution in [-0.2, 0) is 11.2 Å². The third-order valence-corrected chi connectivity index (χ3v) is 5.20. The first kappa shape index (κ1) is 15.1. The summed E-state index contributed by atoms with van der Waals surface area (Å²) in [7, 11) is 1.62. The fourth-order valence-corrected chi connectivity index (χ4v) is 4.06. The summed E-state index contributed by atoms with van der Waals surface area (Å²) >= 11 is 0. The second kappa shape index (κ2) is 5.41. The molecule has 0 spiro atoms. The van der Waals surface area contributed by atoms with Crippen LogP contribution in [0.2, 0.25) is 0 Å². The number of benzene rings is 2. The Morgan fingerprint density at radius 2 is 1.69 bits per heavy atom. The van der Waals surface area contributed by atoms with Gasteiger partial charge in [-0.3, -0.25) is 4.57 Å². The predicted molar refractivity (Wildman–Crippen MR) is 99.8 cm³/mol. The number of H-pyrrole nitrogens is 1. The summed E-state index contributed by atoms with van der Waals surface area (Å²) in [6.45, 7) is 0. The van der Waals surface area contributed by atoms with Crippen LogP contribution < -0.4 is 0 Å². The molecule has 0 saturated heterocycles. The minimum atomic E-state index is -0.332. The fraction of sp³-hybridized carbons (Fsp3) is 0.143. The number of hydrogen-bond acceptors (Lipinski definition) is 3. The van der Waals surface area contributed by atoms with E-state index in [9.17, 15) is 10.2 Å². The average molecular weight is 346 g/mol. The number of methoxy groups -OCH3 is 1. The lowest BCUT2D eigenvalue weighted by Gasteiger charge is -2.22. The van der Waals surface area contributed by atoms with E-state index in [4.69, 9.17) is 4.74 Å². The molecule has 0 bridgehead atoms. The monoisotopic (exact) mass is 346 g/mol. The Bertz CT molecular complexity index is 1130. The Kier molecular flexibility index (Phi) is 3.14. The van der Waals surface area contributed by atoms with Gasteiger partial charge in [-0.05, 0) is 18.2 Å². The molecule has 0 amide bonds. The lowest BCUT2D eigenvalue weighted by molar-refractivity contribution is 0.0995. The fourth-order valence-electron chi connectivity index (χ4n) is 4.06. The molecule has 1 unspecified atom stereocenters. The minimum Gasteiger partial charge on any atom is -0.494 e. The number of aromatic hydroxyl groups is 2. The molecule has 3 N–H and O–H groups in total. The number of ether oxygens (including phenoxy) is 1. The minimum absolute atomic E-state index is 0.0199. The Labute approximate surface area is 150 Å². The highest BCUT2D eigenvalue weighted by atomic mass is 16.5. The molecule has 0 saturated carbocycles. The quantitative estimate of drug-likeness (QED) is 0.507. The van der Waals surface area contributed by atoms with Crippen molar-refractivity contribution in [2.75, 3.05) is 7.11 Å². The van der Waals surface area contributed by atoms with Gasteiger partial charge in [-0.2, -0.15) is 0 Å². The molecular weight excluding hydrogens is 328 g/mol. The van der Waals surface area contributed by atoms with Gasteiger partial charge in [0, 0.05) is 35.7 Å². The normalized spacial score (nSPS) is 15.8. The van der Waals surface area contributed by atoms with Crippen molar-refractivity contribution >= 4 is 10.9 Å². The van der Waals surface area contributed by atoms with Crippen molar-refractivity contribution in [1.29, 1.82) is 0 Å². The summed E-state index contributed by atoms with van der Waals surface area (Å²) in [5.41, 5.74) is 4.92. The van der Waals surface area contributed by atoms with Gasteiger partial charge in [-0.25, -0.2) is 0 Å². The number of hydrogen-bond donors (Lipinski definition) is 3. The zero-order valence-corrected chi connectivity index (χ0v) is 14.2. The van der Waals surface area contributed by atoms with Crippen LogP contribution in [0.3, 0.4) is 0 Å². The highest BCUT2D eigenvalue weighted by molar-refractivity contribution is 6.01. The molecule has 5 nitrogen and oxygen atoms in total. The molecule has 130 valence electrons. The first-order valence-electron chi connectivity index (χ1n) is 8.55. The van der Waals surface area contributed by atoms with Gasteiger partial charge >= 0.3 is 0 Å². The second-order valence-corrected chi connectivity index (χ2v) is 6.56. The molecule has 0 aliphatic heterocycles. The summed E-state index contributed by atoms with van der Waals surface area (Å²) in [5.74, 6) is 0.0444. The zero-order chi connectivity index (χ0) is 17.8. The van der Waals surface area contributed by atoms with Crippen molar-refractivity contribution in [3.05, 3.63) is 65.9 Å². The highest BCUT2D eigenvalue weighted by Gasteiger charge is 2.37. The number of para-hydroxylation sites is 2. The maximum absolute atomic E-state index is 11.1. The van der Waals surface area contributed by atoms with E-state index in [0.717, 1.165) is 22.2 Å². The summed E-state index contributed by atoms with van der Waals surface area (Å²) in [5, 5.41) is 23.1. The van der Waals surface area contributed by atoms with E-state index in [2.05, 4.69) is 4.98 Å². The lowest BCUT2D eigenvalue weighted by Crippen LogP contribution is -2.11. The average Bonchev–Trinajstić information content (AvgIpc) is 3.16. The van der Waals surface area contributed by atoms with Crippen molar-refractivity contribution in [3.63, 3.8) is 0 Å². The Morgan fingerprint density at radius 1 is 0.962 bits per heavy atom. The van der Waals surface area contributed by atoms with Crippen molar-refractivity contribution in [2.24, 2.45) is 0 Å². The van der Waals surface area contributed by atoms with Crippen LogP contribution in [0.25, 0.3) is 27.7 Å². The first-order valence-corrected chi connectivity index (χ1v) is 8.55. The smallest absolute Gasteiger partial charge is 0.207 e. The van der Waals surface area contributed by atoms with Crippen LogP contribution in [0, 0.1) is 0 Å². The number of nitrogens with one attached hydrogen (secondary N) is 1. The van der Waals surface area contributed by atoms with E-state index >= 15 is 0 Å². The number of aromatic nitrogens is 2. The van der Waals surface area contributed by atoms with Gasteiger partial charge in [0.25, 0.3) is 0 Å². The standard InChI is InChI=1S/C21H18N2O3/c1-26-16-11-15-17(13-9-5-6-10-14(13)22-15)19-18(16)20(24)23(21(19)25)12-7-3-2-4-8-12/h2-10,16,22,24-25H,11H2,1H3. The van der Waals surface area contributed by atoms with E-state index in [-0.39, 0.29) is 17.9 Å². The van der Waals surface area contributed by atoms with Gasteiger partial charge < -0.3 is 19.9 Å². The molecule has 0 fully saturated rings. The molecule has 2 aromatic heterocycles. The topological polar surface area (TPSA) is 70.4 Å². The lowest BCUT2D eigenvalue weighted by atomic mass is 9.88. The summed E-state index contributed by atoms with van der Waals surface area (Å²) in [4.78, 5) is 3.43. The molecule has 5 rings (SSSR count). The molecule has 2 heterocycles. The van der Waals surface area contributed by atoms with E-state index in [1.54, 1.807) is 7.11 Å². The maximum Gasteiger partial charge on any atom is 0.207 e. The van der Waals surface area contributed by atoms with Gasteiger partial charge in [0.05, 0.1) is 22.9 Å². The third-order valence-electron chi connectivity index (χ3n) is 5.20. The molecule has 4 aromatic rings. The van der Waals surface area contributed by atoms with E-state index < -0.39 is 0 Å². The Balaban J connectivity index is 1.88. The molecular formula is C21H18N2O3. The molecule has 26 heavy (non-hydrogen) atoms. The molecule has 5 heteroatoms. The molecule has 1 aliphatic rings. The van der Waals surface area contributed by atoms with E-state index in [1.807, 2.05) is 54.6 Å². The van der Waals surface area contributed by atoms with Crippen LogP contribution in [0.1, 0.15) is 17.4 Å².